The first-order valence-corrected chi connectivity index (χ1v) is 9.37. The van der Waals surface area contributed by atoms with E-state index in [4.69, 9.17) is 4.74 Å². The quantitative estimate of drug-likeness (QED) is 0.653. The van der Waals surface area contributed by atoms with Crippen molar-refractivity contribution in [2.45, 2.75) is 18.9 Å². The number of rotatable bonds is 5. The Morgan fingerprint density at radius 1 is 0.967 bits per heavy atom. The van der Waals surface area contributed by atoms with Gasteiger partial charge in [-0.15, -0.1) is 0 Å². The maximum atomic E-state index is 13.4. The lowest BCUT2D eigenvalue weighted by atomic mass is 9.89. The van der Waals surface area contributed by atoms with Crippen molar-refractivity contribution in [2.75, 3.05) is 5.32 Å². The van der Waals surface area contributed by atoms with E-state index in [9.17, 15) is 18.4 Å². The first-order chi connectivity index (χ1) is 14.5. The van der Waals surface area contributed by atoms with Crippen molar-refractivity contribution < 1.29 is 23.1 Å². The SMILES string of the molecule is O=C1CC(C(=O)NCc2ccc(Oc3ccc(F)cc3)cc2)c2ccc(F)cc2N1. The van der Waals surface area contributed by atoms with Gasteiger partial charge >= 0.3 is 0 Å². The van der Waals surface area contributed by atoms with Gasteiger partial charge in [-0.1, -0.05) is 18.2 Å². The molecule has 0 spiro atoms. The van der Waals surface area contributed by atoms with Crippen LogP contribution in [0.1, 0.15) is 23.5 Å². The fourth-order valence-electron chi connectivity index (χ4n) is 3.30. The first kappa shape index (κ1) is 19.6. The van der Waals surface area contributed by atoms with Gasteiger partial charge in [0.2, 0.25) is 11.8 Å². The zero-order valence-electron chi connectivity index (χ0n) is 15.8. The van der Waals surface area contributed by atoms with Crippen LogP contribution in [-0.2, 0) is 16.1 Å². The van der Waals surface area contributed by atoms with Crippen LogP contribution in [0, 0.1) is 11.6 Å². The summed E-state index contributed by atoms with van der Waals surface area (Å²) in [7, 11) is 0. The number of benzene rings is 3. The van der Waals surface area contributed by atoms with Crippen molar-refractivity contribution in [1.29, 1.82) is 0 Å². The van der Waals surface area contributed by atoms with Crippen LogP contribution in [0.4, 0.5) is 14.5 Å². The Labute approximate surface area is 171 Å². The molecule has 4 rings (SSSR count). The molecule has 7 heteroatoms. The minimum Gasteiger partial charge on any atom is -0.457 e. The van der Waals surface area contributed by atoms with Crippen molar-refractivity contribution in [2.24, 2.45) is 0 Å². The van der Waals surface area contributed by atoms with Crippen LogP contribution in [0.25, 0.3) is 0 Å². The number of halogens is 2. The van der Waals surface area contributed by atoms with E-state index in [1.165, 1.54) is 42.5 Å². The second-order valence-electron chi connectivity index (χ2n) is 6.95. The molecule has 5 nitrogen and oxygen atoms in total. The second-order valence-corrected chi connectivity index (χ2v) is 6.95. The molecule has 152 valence electrons. The molecule has 0 aliphatic carbocycles. The van der Waals surface area contributed by atoms with Crippen molar-refractivity contribution in [3.63, 3.8) is 0 Å². The summed E-state index contributed by atoms with van der Waals surface area (Å²) in [5.74, 6) is -1.01. The zero-order chi connectivity index (χ0) is 21.1. The average molecular weight is 408 g/mol. The predicted octanol–water partition coefficient (Wildman–Crippen LogP) is 4.50. The summed E-state index contributed by atoms with van der Waals surface area (Å²) < 4.78 is 32.0. The Bertz CT molecular complexity index is 1080. The third-order valence-electron chi connectivity index (χ3n) is 4.81. The van der Waals surface area contributed by atoms with E-state index in [-0.39, 0.29) is 30.6 Å². The number of carbonyl (C=O) groups excluding carboxylic acids is 2. The molecular formula is C23H18F2N2O3. The Morgan fingerprint density at radius 2 is 1.60 bits per heavy atom. The molecule has 2 amide bonds. The highest BCUT2D eigenvalue weighted by atomic mass is 19.1. The van der Waals surface area contributed by atoms with Crippen molar-refractivity contribution >= 4 is 17.5 Å². The van der Waals surface area contributed by atoms with Gasteiger partial charge in [0.15, 0.2) is 0 Å². The van der Waals surface area contributed by atoms with Crippen LogP contribution >= 0.6 is 0 Å². The number of ether oxygens (including phenoxy) is 1. The molecule has 0 bridgehead atoms. The average Bonchev–Trinajstić information content (AvgIpc) is 2.73. The fourth-order valence-corrected chi connectivity index (χ4v) is 3.30. The van der Waals surface area contributed by atoms with Gasteiger partial charge < -0.3 is 15.4 Å². The van der Waals surface area contributed by atoms with Crippen LogP contribution in [0.15, 0.2) is 66.7 Å². The van der Waals surface area contributed by atoms with Gasteiger partial charge in [-0.2, -0.15) is 0 Å². The van der Waals surface area contributed by atoms with Crippen LogP contribution in [0.2, 0.25) is 0 Å². The minimum atomic E-state index is -0.671. The Kier molecular flexibility index (Phi) is 5.43. The zero-order valence-corrected chi connectivity index (χ0v) is 15.8. The maximum absolute atomic E-state index is 13.4. The monoisotopic (exact) mass is 408 g/mol. The van der Waals surface area contributed by atoms with E-state index in [0.29, 0.717) is 22.7 Å². The third-order valence-corrected chi connectivity index (χ3v) is 4.81. The number of fused-ring (bicyclic) bond motifs is 1. The van der Waals surface area contributed by atoms with Crippen LogP contribution in [-0.4, -0.2) is 11.8 Å². The number of anilines is 1. The van der Waals surface area contributed by atoms with E-state index in [0.717, 1.165) is 5.56 Å². The first-order valence-electron chi connectivity index (χ1n) is 9.37. The highest BCUT2D eigenvalue weighted by molar-refractivity contribution is 6.01. The summed E-state index contributed by atoms with van der Waals surface area (Å²) in [6, 6.07) is 16.8. The molecule has 0 saturated heterocycles. The minimum absolute atomic E-state index is 0.00884. The standard InChI is InChI=1S/C23H18F2N2O3/c24-15-3-8-18(9-4-15)30-17-6-1-14(2-7-17)13-26-23(29)20-12-22(28)27-21-11-16(25)5-10-19(20)21/h1-11,20H,12-13H2,(H,26,29)(H,27,28). The summed E-state index contributed by atoms with van der Waals surface area (Å²) in [4.78, 5) is 24.5. The van der Waals surface area contributed by atoms with E-state index in [2.05, 4.69) is 10.6 Å². The molecule has 3 aromatic rings. The number of hydrogen-bond acceptors (Lipinski definition) is 3. The van der Waals surface area contributed by atoms with Gasteiger partial charge in [0, 0.05) is 18.7 Å². The van der Waals surface area contributed by atoms with E-state index in [1.807, 2.05) is 0 Å². The highest BCUT2D eigenvalue weighted by Gasteiger charge is 2.30. The third kappa shape index (κ3) is 4.46. The molecule has 30 heavy (non-hydrogen) atoms. The predicted molar refractivity (Wildman–Crippen MR) is 107 cm³/mol. The van der Waals surface area contributed by atoms with Crippen LogP contribution in [0.3, 0.4) is 0 Å². The van der Waals surface area contributed by atoms with Crippen LogP contribution < -0.4 is 15.4 Å². The van der Waals surface area contributed by atoms with Crippen molar-refractivity contribution in [1.82, 2.24) is 5.32 Å². The number of carbonyl (C=O) groups is 2. The molecule has 1 aliphatic rings. The lowest BCUT2D eigenvalue weighted by molar-refractivity contribution is -0.126. The largest absolute Gasteiger partial charge is 0.457 e. The summed E-state index contributed by atoms with van der Waals surface area (Å²) in [5, 5.41) is 5.42. The lowest BCUT2D eigenvalue weighted by Crippen LogP contribution is -2.34. The highest BCUT2D eigenvalue weighted by Crippen LogP contribution is 2.33. The van der Waals surface area contributed by atoms with Gasteiger partial charge in [-0.3, -0.25) is 9.59 Å². The summed E-state index contributed by atoms with van der Waals surface area (Å²) in [6.07, 6.45) is 0.00884. The van der Waals surface area contributed by atoms with Crippen molar-refractivity contribution in [3.05, 3.63) is 89.5 Å². The molecule has 0 fully saturated rings. The lowest BCUT2D eigenvalue weighted by Gasteiger charge is -2.25. The smallest absolute Gasteiger partial charge is 0.228 e. The fraction of sp³-hybridized carbons (Fsp3) is 0.130. The molecular weight excluding hydrogens is 390 g/mol. The van der Waals surface area contributed by atoms with E-state index < -0.39 is 11.7 Å². The van der Waals surface area contributed by atoms with Gasteiger partial charge in [-0.25, -0.2) is 8.78 Å². The van der Waals surface area contributed by atoms with Gasteiger partial charge in [0.1, 0.15) is 23.1 Å². The molecule has 1 aliphatic heterocycles. The normalized spacial score (nSPS) is 15.1. The summed E-state index contributed by atoms with van der Waals surface area (Å²) in [6.45, 7) is 0.268. The molecule has 1 unspecified atom stereocenters. The summed E-state index contributed by atoms with van der Waals surface area (Å²) in [5.41, 5.74) is 1.76. The number of amides is 2. The van der Waals surface area contributed by atoms with E-state index >= 15 is 0 Å². The Hall–Kier alpha value is -3.74. The molecule has 1 heterocycles. The molecule has 3 aromatic carbocycles. The molecule has 1 atom stereocenters. The second kappa shape index (κ2) is 8.32. The Balaban J connectivity index is 1.38. The van der Waals surface area contributed by atoms with Crippen molar-refractivity contribution in [3.8, 4) is 11.5 Å². The number of hydrogen-bond donors (Lipinski definition) is 2. The molecule has 2 N–H and O–H groups in total. The number of nitrogens with one attached hydrogen (secondary N) is 2. The van der Waals surface area contributed by atoms with Gasteiger partial charge in [0.25, 0.3) is 0 Å². The van der Waals surface area contributed by atoms with Gasteiger partial charge in [0.05, 0.1) is 5.92 Å². The van der Waals surface area contributed by atoms with Crippen LogP contribution in [0.5, 0.6) is 11.5 Å². The summed E-state index contributed by atoms with van der Waals surface area (Å²) >= 11 is 0. The topological polar surface area (TPSA) is 67.4 Å². The molecule has 0 radical (unpaired) electrons. The maximum Gasteiger partial charge on any atom is 0.228 e. The Morgan fingerprint density at radius 3 is 2.30 bits per heavy atom. The molecule has 0 aromatic heterocycles. The van der Waals surface area contributed by atoms with E-state index in [1.54, 1.807) is 24.3 Å². The van der Waals surface area contributed by atoms with Gasteiger partial charge in [-0.05, 0) is 59.7 Å². The molecule has 0 saturated carbocycles.